The number of hydrogen-bond acceptors (Lipinski definition) is 4. The van der Waals surface area contributed by atoms with Crippen molar-refractivity contribution in [1.29, 1.82) is 0 Å². The summed E-state index contributed by atoms with van der Waals surface area (Å²) in [4.78, 5) is 6.94. The second kappa shape index (κ2) is 11.3. The molecule has 2 aromatic rings. The van der Waals surface area contributed by atoms with Crippen LogP contribution in [0.3, 0.4) is 0 Å². The van der Waals surface area contributed by atoms with Gasteiger partial charge in [0, 0.05) is 19.6 Å². The predicted octanol–water partition coefficient (Wildman–Crippen LogP) is 3.38. The molecular weight excluding hydrogens is 481 g/mol. The van der Waals surface area contributed by atoms with Gasteiger partial charge in [0.2, 0.25) is 0 Å². The maximum atomic E-state index is 10.6. The average Bonchev–Trinajstić information content (AvgIpc) is 2.75. The normalized spacial score (nSPS) is 14.5. The summed E-state index contributed by atoms with van der Waals surface area (Å²) in [5, 5.41) is 14.0. The number of halogens is 1. The number of rotatable bonds is 6. The minimum atomic E-state index is -0.717. The second-order valence-electron chi connectivity index (χ2n) is 6.77. The molecule has 2 aromatic carbocycles. The van der Waals surface area contributed by atoms with E-state index in [1.54, 1.807) is 26.4 Å². The molecule has 1 heterocycles. The van der Waals surface area contributed by atoms with E-state index in [9.17, 15) is 5.11 Å². The topological polar surface area (TPSA) is 66.3 Å². The van der Waals surface area contributed by atoms with Crippen LogP contribution in [-0.2, 0) is 13.0 Å². The maximum Gasteiger partial charge on any atom is 0.194 e. The summed E-state index contributed by atoms with van der Waals surface area (Å²) in [6.07, 6.45) is 0.282. The van der Waals surface area contributed by atoms with Crippen molar-refractivity contribution in [3.8, 4) is 11.5 Å². The lowest BCUT2D eigenvalue weighted by Gasteiger charge is -2.31. The molecule has 2 N–H and O–H groups in total. The van der Waals surface area contributed by atoms with Crippen LogP contribution in [0.1, 0.15) is 29.7 Å². The molecule has 29 heavy (non-hydrogen) atoms. The Labute approximate surface area is 190 Å². The highest BCUT2D eigenvalue weighted by Gasteiger charge is 2.19. The zero-order valence-electron chi connectivity index (χ0n) is 17.2. The van der Waals surface area contributed by atoms with Crippen LogP contribution in [0, 0.1) is 0 Å². The molecule has 1 atom stereocenters. The number of aliphatic hydroxyl groups excluding tert-OH is 1. The number of methoxy groups -OCH3 is 2. The molecule has 0 spiro atoms. The average molecular weight is 511 g/mol. The van der Waals surface area contributed by atoms with Gasteiger partial charge in [-0.25, -0.2) is 0 Å². The van der Waals surface area contributed by atoms with Crippen LogP contribution in [0.2, 0.25) is 0 Å². The Kier molecular flexibility index (Phi) is 9.03. The van der Waals surface area contributed by atoms with Crippen LogP contribution < -0.4 is 14.8 Å². The van der Waals surface area contributed by atoms with Crippen molar-refractivity contribution in [2.45, 2.75) is 26.0 Å². The van der Waals surface area contributed by atoms with E-state index in [0.29, 0.717) is 11.5 Å². The van der Waals surface area contributed by atoms with E-state index >= 15 is 0 Å². The van der Waals surface area contributed by atoms with Gasteiger partial charge in [0.1, 0.15) is 0 Å². The minimum absolute atomic E-state index is 0. The lowest BCUT2D eigenvalue weighted by molar-refractivity contribution is 0.185. The van der Waals surface area contributed by atoms with Gasteiger partial charge in [-0.05, 0) is 42.2 Å². The number of benzene rings is 2. The molecule has 1 aliphatic rings. The van der Waals surface area contributed by atoms with Gasteiger partial charge in [-0.15, -0.1) is 24.0 Å². The fraction of sp³-hybridized carbons (Fsp3) is 0.409. The van der Waals surface area contributed by atoms with E-state index in [1.165, 1.54) is 11.1 Å². The molecule has 7 heteroatoms. The monoisotopic (exact) mass is 511 g/mol. The first kappa shape index (κ1) is 23.3. The summed E-state index contributed by atoms with van der Waals surface area (Å²) in [6, 6.07) is 14.0. The van der Waals surface area contributed by atoms with Gasteiger partial charge in [-0.3, -0.25) is 4.99 Å². The van der Waals surface area contributed by atoms with Crippen LogP contribution in [-0.4, -0.2) is 49.8 Å². The van der Waals surface area contributed by atoms with Crippen molar-refractivity contribution in [3.63, 3.8) is 0 Å². The highest BCUT2D eigenvalue weighted by molar-refractivity contribution is 14.0. The number of guanidine groups is 1. The molecule has 0 saturated heterocycles. The molecule has 0 radical (unpaired) electrons. The molecule has 0 amide bonds. The minimum Gasteiger partial charge on any atom is -0.493 e. The molecule has 0 bridgehead atoms. The Morgan fingerprint density at radius 1 is 1.14 bits per heavy atom. The first-order chi connectivity index (χ1) is 13.7. The van der Waals surface area contributed by atoms with Crippen LogP contribution in [0.5, 0.6) is 11.5 Å². The van der Waals surface area contributed by atoms with Crippen LogP contribution >= 0.6 is 24.0 Å². The molecule has 158 valence electrons. The fourth-order valence-electron chi connectivity index (χ4n) is 3.44. The molecule has 0 saturated carbocycles. The molecule has 0 aromatic heterocycles. The third-order valence-corrected chi connectivity index (χ3v) is 4.97. The van der Waals surface area contributed by atoms with E-state index < -0.39 is 6.10 Å². The number of nitrogens with zero attached hydrogens (tertiary/aromatic N) is 2. The highest BCUT2D eigenvalue weighted by atomic mass is 127. The van der Waals surface area contributed by atoms with Crippen LogP contribution in [0.4, 0.5) is 0 Å². The molecule has 6 nitrogen and oxygen atoms in total. The number of hydrogen-bond donors (Lipinski definition) is 2. The maximum absolute atomic E-state index is 10.6. The second-order valence-corrected chi connectivity index (χ2v) is 6.77. The third-order valence-electron chi connectivity index (χ3n) is 4.97. The van der Waals surface area contributed by atoms with Crippen LogP contribution in [0.15, 0.2) is 47.5 Å². The van der Waals surface area contributed by atoms with Gasteiger partial charge in [0.25, 0.3) is 0 Å². The smallest absolute Gasteiger partial charge is 0.194 e. The third kappa shape index (κ3) is 5.76. The van der Waals surface area contributed by atoms with Gasteiger partial charge >= 0.3 is 0 Å². The van der Waals surface area contributed by atoms with Crippen LogP contribution in [0.25, 0.3) is 0 Å². The van der Waals surface area contributed by atoms with Gasteiger partial charge in [-0.1, -0.05) is 30.3 Å². The summed E-state index contributed by atoms with van der Waals surface area (Å²) < 4.78 is 10.6. The lowest BCUT2D eigenvalue weighted by atomic mass is 10.0. The fourth-order valence-corrected chi connectivity index (χ4v) is 3.44. The quantitative estimate of drug-likeness (QED) is 0.354. The number of nitrogens with one attached hydrogen (secondary N) is 1. The Morgan fingerprint density at radius 2 is 1.86 bits per heavy atom. The standard InChI is InChI=1S/C22H29N3O3.HI/c1-4-23-22(25-12-11-16-7-5-6-8-18(16)15-25)24-14-19(26)17-9-10-20(27-2)21(13-17)28-3;/h5-10,13,19,26H,4,11-12,14-15H2,1-3H3,(H,23,24);1H. The summed E-state index contributed by atoms with van der Waals surface area (Å²) in [5.41, 5.74) is 3.49. The van der Waals surface area contributed by atoms with Crippen molar-refractivity contribution in [2.24, 2.45) is 4.99 Å². The Balaban J connectivity index is 0.00000300. The first-order valence-electron chi connectivity index (χ1n) is 9.66. The largest absolute Gasteiger partial charge is 0.493 e. The Hall–Kier alpha value is -2.00. The Morgan fingerprint density at radius 3 is 2.55 bits per heavy atom. The SMILES string of the molecule is CCNC(=NCC(O)c1ccc(OC)c(OC)c1)N1CCc2ccccc2C1.I. The highest BCUT2D eigenvalue weighted by Crippen LogP contribution is 2.30. The summed E-state index contributed by atoms with van der Waals surface area (Å²) in [6.45, 7) is 4.85. The van der Waals surface area contributed by atoms with E-state index in [4.69, 9.17) is 14.5 Å². The van der Waals surface area contributed by atoms with Gasteiger partial charge in [0.15, 0.2) is 17.5 Å². The first-order valence-corrected chi connectivity index (χ1v) is 9.66. The zero-order valence-corrected chi connectivity index (χ0v) is 19.6. The van der Waals surface area contributed by atoms with Gasteiger partial charge in [-0.2, -0.15) is 0 Å². The van der Waals surface area contributed by atoms with E-state index in [2.05, 4.69) is 41.4 Å². The van der Waals surface area contributed by atoms with E-state index in [0.717, 1.165) is 37.6 Å². The number of ether oxygens (including phenoxy) is 2. The predicted molar refractivity (Wildman–Crippen MR) is 126 cm³/mol. The van der Waals surface area contributed by atoms with E-state index in [1.807, 2.05) is 6.07 Å². The number of fused-ring (bicyclic) bond motifs is 1. The van der Waals surface area contributed by atoms with Crippen molar-refractivity contribution in [2.75, 3.05) is 33.9 Å². The molecule has 1 unspecified atom stereocenters. The number of aliphatic hydroxyl groups is 1. The van der Waals surface area contributed by atoms with Gasteiger partial charge < -0.3 is 24.8 Å². The molecule has 3 rings (SSSR count). The lowest BCUT2D eigenvalue weighted by Crippen LogP contribution is -2.44. The van der Waals surface area contributed by atoms with Crippen molar-refractivity contribution < 1.29 is 14.6 Å². The molecule has 1 aliphatic heterocycles. The summed E-state index contributed by atoms with van der Waals surface area (Å²) in [5.74, 6) is 2.07. The molecule has 0 fully saturated rings. The van der Waals surface area contributed by atoms with Crippen molar-refractivity contribution >= 4 is 29.9 Å². The molecule has 0 aliphatic carbocycles. The zero-order chi connectivity index (χ0) is 19.9. The molecular formula is C22H30IN3O3. The summed E-state index contributed by atoms with van der Waals surface area (Å²) >= 11 is 0. The van der Waals surface area contributed by atoms with Crippen molar-refractivity contribution in [3.05, 3.63) is 59.2 Å². The Bertz CT molecular complexity index is 829. The summed E-state index contributed by atoms with van der Waals surface area (Å²) in [7, 11) is 3.18. The van der Waals surface area contributed by atoms with E-state index in [-0.39, 0.29) is 30.5 Å². The van der Waals surface area contributed by atoms with Crippen molar-refractivity contribution in [1.82, 2.24) is 10.2 Å². The number of aliphatic imine (C=N–C) groups is 1. The van der Waals surface area contributed by atoms with Gasteiger partial charge in [0.05, 0.1) is 26.9 Å².